The molecule has 2 aromatic heterocycles. The lowest BCUT2D eigenvalue weighted by atomic mass is 10.0. The molecular weight excluding hydrogens is 479 g/mol. The highest BCUT2D eigenvalue weighted by Crippen LogP contribution is 2.32. The number of nitrogens with one attached hydrogen (secondary N) is 2. The molecule has 10 nitrogen and oxygen atoms in total. The number of nitro benzene ring substituents is 1. The summed E-state index contributed by atoms with van der Waals surface area (Å²) in [5.74, 6) is 0.446. The Morgan fingerprint density at radius 2 is 1.94 bits per heavy atom. The van der Waals surface area contributed by atoms with Crippen LogP contribution in [-0.4, -0.2) is 35.1 Å². The monoisotopic (exact) mass is 494 g/mol. The summed E-state index contributed by atoms with van der Waals surface area (Å²) in [6.07, 6.45) is 1.61. The van der Waals surface area contributed by atoms with Crippen molar-refractivity contribution in [2.45, 2.75) is 12.6 Å². The van der Waals surface area contributed by atoms with Crippen LogP contribution in [0.2, 0.25) is 10.0 Å². The van der Waals surface area contributed by atoms with E-state index in [1.54, 1.807) is 23.1 Å². The number of imidazole rings is 1. The van der Waals surface area contributed by atoms with Crippen LogP contribution in [0.1, 0.15) is 23.0 Å². The standard InChI is InChI=1S/C22H16Cl2N8O2/c23-16-4-2-1-3-14(16)11-31-22(28-29-30-31)21(13-5-7-17(24)20(9-13)32(33)34)27-15-6-8-18-19(10-15)26-12-25-18/h1-10,12,21,27H,11H2,(H,25,26). The Hall–Kier alpha value is -4.02. The second kappa shape index (κ2) is 9.08. The maximum Gasteiger partial charge on any atom is 0.288 e. The van der Waals surface area contributed by atoms with Gasteiger partial charge in [-0.25, -0.2) is 9.67 Å². The van der Waals surface area contributed by atoms with E-state index in [1.165, 1.54) is 12.1 Å². The predicted octanol–water partition coefficient (Wildman–Crippen LogP) is 5.01. The maximum absolute atomic E-state index is 11.5. The van der Waals surface area contributed by atoms with Crippen LogP contribution in [0.25, 0.3) is 11.0 Å². The molecule has 0 aliphatic rings. The summed E-state index contributed by atoms with van der Waals surface area (Å²) in [5.41, 5.74) is 3.58. The van der Waals surface area contributed by atoms with Crippen LogP contribution >= 0.6 is 23.2 Å². The number of fused-ring (bicyclic) bond motifs is 1. The molecule has 170 valence electrons. The van der Waals surface area contributed by atoms with Gasteiger partial charge in [0.1, 0.15) is 11.1 Å². The summed E-state index contributed by atoms with van der Waals surface area (Å²) in [7, 11) is 0. The number of hydrogen-bond donors (Lipinski definition) is 2. The molecule has 2 heterocycles. The zero-order valence-corrected chi connectivity index (χ0v) is 18.9. The van der Waals surface area contributed by atoms with Crippen LogP contribution in [0.3, 0.4) is 0 Å². The molecule has 0 aliphatic carbocycles. The van der Waals surface area contributed by atoms with E-state index < -0.39 is 11.0 Å². The largest absolute Gasteiger partial charge is 0.371 e. The number of H-pyrrole nitrogens is 1. The number of halogens is 2. The Morgan fingerprint density at radius 3 is 2.76 bits per heavy atom. The first-order valence-electron chi connectivity index (χ1n) is 10.1. The van der Waals surface area contributed by atoms with Gasteiger partial charge in [0.05, 0.1) is 28.8 Å². The van der Waals surface area contributed by atoms with Gasteiger partial charge in [-0.3, -0.25) is 10.1 Å². The molecule has 2 N–H and O–H groups in total. The Kier molecular flexibility index (Phi) is 5.83. The number of nitro groups is 1. The molecule has 0 saturated heterocycles. The number of aromatic amines is 1. The number of hydrogen-bond acceptors (Lipinski definition) is 7. The smallest absolute Gasteiger partial charge is 0.288 e. The summed E-state index contributed by atoms with van der Waals surface area (Å²) >= 11 is 12.4. The van der Waals surface area contributed by atoms with E-state index in [1.807, 2.05) is 36.4 Å². The molecule has 3 aromatic carbocycles. The molecule has 34 heavy (non-hydrogen) atoms. The Labute approximate surface area is 202 Å². The number of benzene rings is 3. The molecule has 5 aromatic rings. The van der Waals surface area contributed by atoms with E-state index >= 15 is 0 Å². The molecule has 1 unspecified atom stereocenters. The van der Waals surface area contributed by atoms with Gasteiger partial charge in [0.25, 0.3) is 5.69 Å². The molecule has 0 radical (unpaired) electrons. The quantitative estimate of drug-likeness (QED) is 0.240. The van der Waals surface area contributed by atoms with Crippen molar-refractivity contribution in [2.24, 2.45) is 0 Å². The number of rotatable bonds is 7. The highest BCUT2D eigenvalue weighted by atomic mass is 35.5. The van der Waals surface area contributed by atoms with E-state index in [2.05, 4.69) is 30.8 Å². The third-order valence-corrected chi connectivity index (χ3v) is 6.02. The summed E-state index contributed by atoms with van der Waals surface area (Å²) in [5, 5.41) is 27.8. The van der Waals surface area contributed by atoms with Gasteiger partial charge in [-0.1, -0.05) is 47.5 Å². The van der Waals surface area contributed by atoms with Gasteiger partial charge in [-0.05, 0) is 51.9 Å². The SMILES string of the molecule is O=[N+]([O-])c1cc(C(Nc2ccc3nc[nH]c3c2)c2nnnn2Cc2ccccc2Cl)ccc1Cl. The highest BCUT2D eigenvalue weighted by molar-refractivity contribution is 6.32. The van der Waals surface area contributed by atoms with Crippen LogP contribution in [-0.2, 0) is 6.54 Å². The van der Waals surface area contributed by atoms with Gasteiger partial charge in [0.15, 0.2) is 5.82 Å². The van der Waals surface area contributed by atoms with Crippen LogP contribution in [0.4, 0.5) is 11.4 Å². The minimum absolute atomic E-state index is 0.0436. The molecule has 0 saturated carbocycles. The van der Waals surface area contributed by atoms with E-state index in [4.69, 9.17) is 23.2 Å². The van der Waals surface area contributed by atoms with E-state index in [0.717, 1.165) is 22.3 Å². The van der Waals surface area contributed by atoms with Crippen molar-refractivity contribution in [1.82, 2.24) is 30.2 Å². The molecular formula is C22H16Cl2N8O2. The Morgan fingerprint density at radius 1 is 1.09 bits per heavy atom. The first-order chi connectivity index (χ1) is 16.5. The van der Waals surface area contributed by atoms with Crippen LogP contribution < -0.4 is 5.32 Å². The Bertz CT molecular complexity index is 1500. The molecule has 0 fully saturated rings. The maximum atomic E-state index is 11.5. The molecule has 0 spiro atoms. The summed E-state index contributed by atoms with van der Waals surface area (Å²) in [6, 6.07) is 17.0. The highest BCUT2D eigenvalue weighted by Gasteiger charge is 2.25. The van der Waals surface area contributed by atoms with E-state index in [-0.39, 0.29) is 10.7 Å². The third-order valence-electron chi connectivity index (χ3n) is 5.33. The zero-order chi connectivity index (χ0) is 23.7. The van der Waals surface area contributed by atoms with Gasteiger partial charge in [0, 0.05) is 16.8 Å². The number of anilines is 1. The Balaban J connectivity index is 1.59. The molecule has 0 amide bonds. The fraction of sp³-hybridized carbons (Fsp3) is 0.0909. The van der Waals surface area contributed by atoms with Crippen LogP contribution in [0, 0.1) is 10.1 Å². The van der Waals surface area contributed by atoms with Gasteiger partial charge >= 0.3 is 0 Å². The number of tetrazole rings is 1. The summed E-state index contributed by atoms with van der Waals surface area (Å²) in [4.78, 5) is 18.3. The first-order valence-corrected chi connectivity index (χ1v) is 10.9. The van der Waals surface area contributed by atoms with Crippen LogP contribution in [0.15, 0.2) is 67.0 Å². The van der Waals surface area contributed by atoms with Gasteiger partial charge in [-0.2, -0.15) is 0 Å². The number of nitrogens with zero attached hydrogens (tertiary/aromatic N) is 6. The van der Waals surface area contributed by atoms with Crippen molar-refractivity contribution >= 4 is 45.6 Å². The number of aromatic nitrogens is 6. The topological polar surface area (TPSA) is 127 Å². The molecule has 12 heteroatoms. The fourth-order valence-corrected chi connectivity index (χ4v) is 4.04. The molecule has 0 bridgehead atoms. The predicted molar refractivity (Wildman–Crippen MR) is 128 cm³/mol. The third kappa shape index (κ3) is 4.28. The van der Waals surface area contributed by atoms with E-state index in [0.29, 0.717) is 23.0 Å². The fourth-order valence-electron chi connectivity index (χ4n) is 3.66. The van der Waals surface area contributed by atoms with Crippen molar-refractivity contribution in [3.8, 4) is 0 Å². The lowest BCUT2D eigenvalue weighted by molar-refractivity contribution is -0.384. The van der Waals surface area contributed by atoms with Crippen molar-refractivity contribution in [2.75, 3.05) is 5.32 Å². The average Bonchev–Trinajstić information content (AvgIpc) is 3.48. The van der Waals surface area contributed by atoms with Crippen molar-refractivity contribution < 1.29 is 4.92 Å². The van der Waals surface area contributed by atoms with Gasteiger partial charge in [-0.15, -0.1) is 5.10 Å². The van der Waals surface area contributed by atoms with Crippen molar-refractivity contribution in [3.63, 3.8) is 0 Å². The summed E-state index contributed by atoms with van der Waals surface area (Å²) in [6.45, 7) is 0.315. The molecule has 0 aliphatic heterocycles. The molecule has 1 atom stereocenters. The summed E-state index contributed by atoms with van der Waals surface area (Å²) < 4.78 is 1.61. The normalized spacial score (nSPS) is 12.1. The van der Waals surface area contributed by atoms with Gasteiger partial charge in [0.2, 0.25) is 0 Å². The molecule has 5 rings (SSSR count). The minimum atomic E-state index is -0.631. The van der Waals surface area contributed by atoms with Crippen LogP contribution in [0.5, 0.6) is 0 Å². The van der Waals surface area contributed by atoms with Crippen molar-refractivity contribution in [3.05, 3.63) is 104 Å². The lowest BCUT2D eigenvalue weighted by Crippen LogP contribution is -2.19. The second-order valence-electron chi connectivity index (χ2n) is 7.47. The first kappa shape index (κ1) is 21.8. The van der Waals surface area contributed by atoms with Crippen molar-refractivity contribution in [1.29, 1.82) is 0 Å². The second-order valence-corrected chi connectivity index (χ2v) is 8.28. The van der Waals surface area contributed by atoms with E-state index in [9.17, 15) is 10.1 Å². The minimum Gasteiger partial charge on any atom is -0.371 e. The zero-order valence-electron chi connectivity index (χ0n) is 17.4. The average molecular weight is 495 g/mol. The lowest BCUT2D eigenvalue weighted by Gasteiger charge is -2.20. The van der Waals surface area contributed by atoms with Gasteiger partial charge < -0.3 is 10.3 Å².